The highest BCUT2D eigenvalue weighted by Gasteiger charge is 2.14. The molecule has 126 valence electrons. The smallest absolute Gasteiger partial charge is 0.220 e. The second kappa shape index (κ2) is 8.50. The molecule has 2 rings (SSSR count). The van der Waals surface area contributed by atoms with Crippen molar-refractivity contribution in [3.8, 4) is 5.75 Å². The Morgan fingerprint density at radius 1 is 1.12 bits per heavy atom. The number of ketones is 1. The lowest BCUT2D eigenvalue weighted by Crippen LogP contribution is -2.23. The quantitative estimate of drug-likeness (QED) is 0.773. The summed E-state index contributed by atoms with van der Waals surface area (Å²) in [6.07, 6.45) is 0.258. The van der Waals surface area contributed by atoms with Crippen LogP contribution in [-0.2, 0) is 11.3 Å². The monoisotopic (exact) mass is 345 g/mol. The Kier molecular flexibility index (Phi) is 6.38. The van der Waals surface area contributed by atoms with Crippen molar-refractivity contribution in [3.63, 3.8) is 0 Å². The second-order valence-corrected chi connectivity index (χ2v) is 5.90. The van der Waals surface area contributed by atoms with E-state index in [0.717, 1.165) is 11.1 Å². The van der Waals surface area contributed by atoms with Crippen molar-refractivity contribution in [2.45, 2.75) is 26.3 Å². The third-order valence-electron chi connectivity index (χ3n) is 3.67. The zero-order valence-electron chi connectivity index (χ0n) is 13.8. The van der Waals surface area contributed by atoms with Gasteiger partial charge in [-0.15, -0.1) is 0 Å². The number of benzene rings is 2. The fraction of sp³-hybridized carbons (Fsp3) is 0.263. The number of methoxy groups -OCH3 is 1. The number of carbonyl (C=O) groups excluding carboxylic acids is 2. The van der Waals surface area contributed by atoms with Crippen molar-refractivity contribution in [1.82, 2.24) is 5.32 Å². The molecule has 2 aromatic rings. The van der Waals surface area contributed by atoms with E-state index in [1.807, 2.05) is 31.2 Å². The Hall–Kier alpha value is -2.33. The predicted molar refractivity (Wildman–Crippen MR) is 94.6 cm³/mol. The van der Waals surface area contributed by atoms with E-state index in [1.165, 1.54) is 7.11 Å². The molecule has 1 N–H and O–H groups in total. The summed E-state index contributed by atoms with van der Waals surface area (Å²) in [5.74, 6) is 0.236. The summed E-state index contributed by atoms with van der Waals surface area (Å²) in [4.78, 5) is 24.3. The highest BCUT2D eigenvalue weighted by Crippen LogP contribution is 2.21. The molecule has 0 radical (unpaired) electrons. The molecule has 0 aliphatic rings. The largest absolute Gasteiger partial charge is 0.496 e. The van der Waals surface area contributed by atoms with Crippen molar-refractivity contribution < 1.29 is 14.3 Å². The minimum Gasteiger partial charge on any atom is -0.496 e. The number of hydrogen-bond donors (Lipinski definition) is 1. The molecule has 0 saturated heterocycles. The standard InChI is InChI=1S/C19H20ClNO3/c1-13-7-9-18(24-2)15(11-13)17(22)8-10-19(23)21-12-14-5-3-4-6-16(14)20/h3-7,9,11H,8,10,12H2,1-2H3,(H,21,23). The molecule has 0 aliphatic heterocycles. The number of hydrogen-bond acceptors (Lipinski definition) is 3. The number of Topliss-reactive ketones (excluding diaryl/α,β-unsaturated/α-hetero) is 1. The van der Waals surface area contributed by atoms with E-state index in [0.29, 0.717) is 22.9 Å². The molecule has 2 aromatic carbocycles. The SMILES string of the molecule is COc1ccc(C)cc1C(=O)CCC(=O)NCc1ccccc1Cl. The number of rotatable bonds is 7. The van der Waals surface area contributed by atoms with Crippen LogP contribution in [0, 0.1) is 6.92 Å². The Bertz CT molecular complexity index is 743. The van der Waals surface area contributed by atoms with Gasteiger partial charge in [0.25, 0.3) is 0 Å². The lowest BCUT2D eigenvalue weighted by atomic mass is 10.0. The third kappa shape index (κ3) is 4.83. The van der Waals surface area contributed by atoms with E-state index < -0.39 is 0 Å². The van der Waals surface area contributed by atoms with E-state index in [1.54, 1.807) is 18.2 Å². The van der Waals surface area contributed by atoms with E-state index in [4.69, 9.17) is 16.3 Å². The topological polar surface area (TPSA) is 55.4 Å². The lowest BCUT2D eigenvalue weighted by molar-refractivity contribution is -0.121. The van der Waals surface area contributed by atoms with Crippen molar-refractivity contribution in [2.75, 3.05) is 7.11 Å². The van der Waals surface area contributed by atoms with Crippen molar-refractivity contribution in [1.29, 1.82) is 0 Å². The van der Waals surface area contributed by atoms with E-state index in [-0.39, 0.29) is 24.5 Å². The first-order valence-electron chi connectivity index (χ1n) is 7.69. The maximum atomic E-state index is 12.3. The van der Waals surface area contributed by atoms with Crippen LogP contribution in [0.4, 0.5) is 0 Å². The summed E-state index contributed by atoms with van der Waals surface area (Å²) in [7, 11) is 1.53. The zero-order valence-corrected chi connectivity index (χ0v) is 14.5. The molecule has 0 aromatic heterocycles. The summed E-state index contributed by atoms with van der Waals surface area (Å²) in [5.41, 5.74) is 2.33. The molecule has 4 nitrogen and oxygen atoms in total. The summed E-state index contributed by atoms with van der Waals surface area (Å²) >= 11 is 6.04. The minimum atomic E-state index is -0.185. The molecule has 0 spiro atoms. The van der Waals surface area contributed by atoms with Gasteiger partial charge in [0.15, 0.2) is 5.78 Å². The molecule has 0 bridgehead atoms. The summed E-state index contributed by atoms with van der Waals surface area (Å²) in [6.45, 7) is 2.26. The average Bonchev–Trinajstić information content (AvgIpc) is 2.59. The normalized spacial score (nSPS) is 10.3. The first-order chi connectivity index (χ1) is 11.5. The second-order valence-electron chi connectivity index (χ2n) is 5.50. The van der Waals surface area contributed by atoms with E-state index in [9.17, 15) is 9.59 Å². The molecule has 5 heteroatoms. The fourth-order valence-electron chi connectivity index (χ4n) is 2.33. The molecule has 0 fully saturated rings. The van der Waals surface area contributed by atoms with Gasteiger partial charge in [-0.1, -0.05) is 41.4 Å². The summed E-state index contributed by atoms with van der Waals surface area (Å²) < 4.78 is 5.21. The molecule has 0 aliphatic carbocycles. The van der Waals surface area contributed by atoms with Crippen molar-refractivity contribution in [3.05, 3.63) is 64.2 Å². The van der Waals surface area contributed by atoms with Gasteiger partial charge in [-0.2, -0.15) is 0 Å². The maximum absolute atomic E-state index is 12.3. The Balaban J connectivity index is 1.89. The van der Waals surface area contributed by atoms with Crippen LogP contribution in [0.25, 0.3) is 0 Å². The molecule has 1 amide bonds. The highest BCUT2D eigenvalue weighted by molar-refractivity contribution is 6.31. The van der Waals surface area contributed by atoms with Crippen LogP contribution < -0.4 is 10.1 Å². The fourth-order valence-corrected chi connectivity index (χ4v) is 2.53. The minimum absolute atomic E-state index is 0.108. The Morgan fingerprint density at radius 3 is 2.58 bits per heavy atom. The van der Waals surface area contributed by atoms with Crippen molar-refractivity contribution in [2.24, 2.45) is 0 Å². The molecule has 0 heterocycles. The molecule has 0 saturated carbocycles. The Morgan fingerprint density at radius 2 is 1.88 bits per heavy atom. The van der Waals surface area contributed by atoms with Crippen LogP contribution in [-0.4, -0.2) is 18.8 Å². The van der Waals surface area contributed by atoms with Crippen molar-refractivity contribution >= 4 is 23.3 Å². The van der Waals surface area contributed by atoms with Gasteiger partial charge < -0.3 is 10.1 Å². The van der Waals surface area contributed by atoms with Gasteiger partial charge in [0.1, 0.15) is 5.75 Å². The summed E-state index contributed by atoms with van der Waals surface area (Å²) in [6, 6.07) is 12.7. The average molecular weight is 346 g/mol. The Labute approximate surface area is 146 Å². The van der Waals surface area contributed by atoms with Crippen LogP contribution >= 0.6 is 11.6 Å². The highest BCUT2D eigenvalue weighted by atomic mass is 35.5. The summed E-state index contributed by atoms with van der Waals surface area (Å²) in [5, 5.41) is 3.39. The van der Waals surface area contributed by atoms with Gasteiger partial charge in [0, 0.05) is 24.4 Å². The number of carbonyl (C=O) groups is 2. The molecule has 0 atom stereocenters. The third-order valence-corrected chi connectivity index (χ3v) is 4.04. The number of amides is 1. The predicted octanol–water partition coefficient (Wildman–Crippen LogP) is 3.94. The number of ether oxygens (including phenoxy) is 1. The van der Waals surface area contributed by atoms with Gasteiger partial charge in [-0.25, -0.2) is 0 Å². The molecular formula is C19H20ClNO3. The van der Waals surface area contributed by atoms with E-state index in [2.05, 4.69) is 5.32 Å². The van der Waals surface area contributed by atoms with Crippen LogP contribution in [0.15, 0.2) is 42.5 Å². The lowest BCUT2D eigenvalue weighted by Gasteiger charge is -2.09. The van der Waals surface area contributed by atoms with Gasteiger partial charge in [0.2, 0.25) is 5.91 Å². The molecule has 24 heavy (non-hydrogen) atoms. The van der Waals surface area contributed by atoms with Gasteiger partial charge >= 0.3 is 0 Å². The number of aryl methyl sites for hydroxylation is 1. The van der Waals surface area contributed by atoms with E-state index >= 15 is 0 Å². The number of nitrogens with one attached hydrogen (secondary N) is 1. The van der Waals surface area contributed by atoms with Crippen LogP contribution in [0.3, 0.4) is 0 Å². The van der Waals surface area contributed by atoms with Crippen LogP contribution in [0.2, 0.25) is 5.02 Å². The first kappa shape index (κ1) is 18.0. The number of halogens is 1. The van der Waals surface area contributed by atoms with Gasteiger partial charge in [-0.3, -0.25) is 9.59 Å². The van der Waals surface area contributed by atoms with Crippen LogP contribution in [0.5, 0.6) is 5.75 Å². The molecule has 0 unspecified atom stereocenters. The van der Waals surface area contributed by atoms with Gasteiger partial charge in [0.05, 0.1) is 12.7 Å². The first-order valence-corrected chi connectivity index (χ1v) is 8.07. The van der Waals surface area contributed by atoms with Crippen LogP contribution in [0.1, 0.15) is 34.3 Å². The molecular weight excluding hydrogens is 326 g/mol. The van der Waals surface area contributed by atoms with Gasteiger partial charge in [-0.05, 0) is 30.7 Å². The maximum Gasteiger partial charge on any atom is 0.220 e. The zero-order chi connectivity index (χ0) is 17.5.